The molecule has 0 aliphatic heterocycles. The monoisotopic (exact) mass is 304 g/mol. The number of amides is 1. The van der Waals surface area contributed by atoms with Crippen LogP contribution < -0.4 is 10.6 Å². The number of halogens is 1. The lowest BCUT2D eigenvalue weighted by molar-refractivity contribution is 0.0940. The number of aromatic nitrogens is 2. The molecule has 0 saturated carbocycles. The molecule has 110 valence electrons. The van der Waals surface area contributed by atoms with Crippen LogP contribution in [0.3, 0.4) is 0 Å². The quantitative estimate of drug-likeness (QED) is 0.891. The normalized spacial score (nSPS) is 11.8. The summed E-state index contributed by atoms with van der Waals surface area (Å²) in [5.74, 6) is 0.398. The van der Waals surface area contributed by atoms with E-state index in [4.69, 9.17) is 11.6 Å². The SMILES string of the molecule is CCNc1cc(C(=O)NC(C)c2ccncc2)c(Cl)cn1. The number of hydrogen-bond acceptors (Lipinski definition) is 4. The summed E-state index contributed by atoms with van der Waals surface area (Å²) in [6, 6.07) is 5.25. The molecular formula is C15H17ClN4O. The number of pyridine rings is 2. The highest BCUT2D eigenvalue weighted by molar-refractivity contribution is 6.33. The predicted octanol–water partition coefficient (Wildman–Crippen LogP) is 3.05. The maximum atomic E-state index is 12.3. The number of anilines is 1. The van der Waals surface area contributed by atoms with Crippen LogP contribution in [0.25, 0.3) is 0 Å². The Morgan fingerprint density at radius 1 is 1.38 bits per heavy atom. The van der Waals surface area contributed by atoms with E-state index in [1.54, 1.807) is 18.5 Å². The lowest BCUT2D eigenvalue weighted by Gasteiger charge is -2.15. The first-order valence-electron chi connectivity index (χ1n) is 6.72. The molecule has 2 aromatic heterocycles. The summed E-state index contributed by atoms with van der Waals surface area (Å²) >= 11 is 6.06. The smallest absolute Gasteiger partial charge is 0.253 e. The van der Waals surface area contributed by atoms with Crippen molar-refractivity contribution in [1.82, 2.24) is 15.3 Å². The fraction of sp³-hybridized carbons (Fsp3) is 0.267. The van der Waals surface area contributed by atoms with E-state index in [-0.39, 0.29) is 11.9 Å². The van der Waals surface area contributed by atoms with E-state index < -0.39 is 0 Å². The molecule has 2 heterocycles. The summed E-state index contributed by atoms with van der Waals surface area (Å²) in [7, 11) is 0. The maximum Gasteiger partial charge on any atom is 0.253 e. The highest BCUT2D eigenvalue weighted by Gasteiger charge is 2.15. The van der Waals surface area contributed by atoms with Crippen molar-refractivity contribution >= 4 is 23.3 Å². The molecule has 0 aromatic carbocycles. The van der Waals surface area contributed by atoms with E-state index in [9.17, 15) is 4.79 Å². The van der Waals surface area contributed by atoms with Gasteiger partial charge in [0.1, 0.15) is 5.82 Å². The summed E-state index contributed by atoms with van der Waals surface area (Å²) in [5.41, 5.74) is 1.39. The Bertz CT molecular complexity index is 618. The minimum absolute atomic E-state index is 0.132. The van der Waals surface area contributed by atoms with Gasteiger partial charge in [0.15, 0.2) is 0 Å². The van der Waals surface area contributed by atoms with Crippen LogP contribution in [0, 0.1) is 0 Å². The van der Waals surface area contributed by atoms with Gasteiger partial charge in [-0.05, 0) is 37.6 Å². The van der Waals surface area contributed by atoms with Gasteiger partial charge in [-0.2, -0.15) is 0 Å². The summed E-state index contributed by atoms with van der Waals surface area (Å²) in [5, 5.41) is 6.30. The number of nitrogens with one attached hydrogen (secondary N) is 2. The third-order valence-electron chi connectivity index (χ3n) is 3.01. The second-order valence-corrected chi connectivity index (χ2v) is 4.96. The molecule has 0 spiro atoms. The fourth-order valence-corrected chi connectivity index (χ4v) is 2.09. The van der Waals surface area contributed by atoms with Crippen LogP contribution in [-0.2, 0) is 0 Å². The van der Waals surface area contributed by atoms with Gasteiger partial charge in [0, 0.05) is 25.1 Å². The summed E-state index contributed by atoms with van der Waals surface area (Å²) in [4.78, 5) is 20.4. The average Bonchev–Trinajstić information content (AvgIpc) is 2.50. The molecule has 0 saturated heterocycles. The van der Waals surface area contributed by atoms with Crippen LogP contribution in [0.1, 0.15) is 35.8 Å². The first-order valence-corrected chi connectivity index (χ1v) is 7.09. The molecule has 21 heavy (non-hydrogen) atoms. The standard InChI is InChI=1S/C15H17ClN4O/c1-3-18-14-8-12(13(16)9-19-14)15(21)20-10(2)11-4-6-17-7-5-11/h4-10H,3H2,1-2H3,(H,18,19)(H,20,21). The summed E-state index contributed by atoms with van der Waals surface area (Å²) in [6.45, 7) is 4.60. The molecule has 2 rings (SSSR count). The van der Waals surface area contributed by atoms with E-state index in [1.165, 1.54) is 6.20 Å². The zero-order valence-corrected chi connectivity index (χ0v) is 12.7. The van der Waals surface area contributed by atoms with E-state index in [2.05, 4.69) is 20.6 Å². The topological polar surface area (TPSA) is 66.9 Å². The van der Waals surface area contributed by atoms with Crippen LogP contribution in [0.4, 0.5) is 5.82 Å². The Labute approximate surface area is 128 Å². The summed E-state index contributed by atoms with van der Waals surface area (Å²) < 4.78 is 0. The fourth-order valence-electron chi connectivity index (χ4n) is 1.90. The van der Waals surface area contributed by atoms with Gasteiger partial charge in [-0.3, -0.25) is 9.78 Å². The summed E-state index contributed by atoms with van der Waals surface area (Å²) in [6.07, 6.45) is 4.87. The predicted molar refractivity (Wildman–Crippen MR) is 83.5 cm³/mol. The molecule has 1 amide bonds. The molecule has 2 N–H and O–H groups in total. The highest BCUT2D eigenvalue weighted by Crippen LogP contribution is 2.19. The van der Waals surface area contributed by atoms with Gasteiger partial charge in [0.05, 0.1) is 16.6 Å². The van der Waals surface area contributed by atoms with Crippen molar-refractivity contribution in [3.63, 3.8) is 0 Å². The Kier molecular flexibility index (Phi) is 5.11. The molecule has 2 aromatic rings. The van der Waals surface area contributed by atoms with Gasteiger partial charge in [-0.1, -0.05) is 11.6 Å². The van der Waals surface area contributed by atoms with Gasteiger partial charge < -0.3 is 10.6 Å². The molecule has 5 nitrogen and oxygen atoms in total. The average molecular weight is 305 g/mol. The zero-order valence-electron chi connectivity index (χ0n) is 11.9. The zero-order chi connectivity index (χ0) is 15.2. The van der Waals surface area contributed by atoms with Crippen LogP contribution in [0.15, 0.2) is 36.8 Å². The Morgan fingerprint density at radius 2 is 2.10 bits per heavy atom. The van der Waals surface area contributed by atoms with Crippen molar-refractivity contribution in [2.75, 3.05) is 11.9 Å². The van der Waals surface area contributed by atoms with Gasteiger partial charge in [0.2, 0.25) is 0 Å². The number of rotatable bonds is 5. The van der Waals surface area contributed by atoms with Crippen LogP contribution >= 0.6 is 11.6 Å². The van der Waals surface area contributed by atoms with Gasteiger partial charge in [0.25, 0.3) is 5.91 Å². The van der Waals surface area contributed by atoms with E-state index in [0.717, 1.165) is 12.1 Å². The Balaban J connectivity index is 2.14. The minimum atomic E-state index is -0.231. The van der Waals surface area contributed by atoms with Gasteiger partial charge in [-0.25, -0.2) is 4.98 Å². The molecular weight excluding hydrogens is 288 g/mol. The lowest BCUT2D eigenvalue weighted by Crippen LogP contribution is -2.27. The largest absolute Gasteiger partial charge is 0.370 e. The van der Waals surface area contributed by atoms with E-state index in [1.807, 2.05) is 26.0 Å². The van der Waals surface area contributed by atoms with Gasteiger partial charge in [-0.15, -0.1) is 0 Å². The second kappa shape index (κ2) is 7.04. The van der Waals surface area contributed by atoms with Crippen molar-refractivity contribution in [1.29, 1.82) is 0 Å². The van der Waals surface area contributed by atoms with Crippen molar-refractivity contribution in [3.8, 4) is 0 Å². The van der Waals surface area contributed by atoms with Gasteiger partial charge >= 0.3 is 0 Å². The number of carbonyl (C=O) groups is 1. The highest BCUT2D eigenvalue weighted by atomic mass is 35.5. The number of carbonyl (C=O) groups excluding carboxylic acids is 1. The van der Waals surface area contributed by atoms with Crippen molar-refractivity contribution in [2.45, 2.75) is 19.9 Å². The number of nitrogens with zero attached hydrogens (tertiary/aromatic N) is 2. The first-order chi connectivity index (χ1) is 10.1. The molecule has 1 unspecified atom stereocenters. The third-order valence-corrected chi connectivity index (χ3v) is 3.31. The molecule has 0 bridgehead atoms. The molecule has 0 radical (unpaired) electrons. The van der Waals surface area contributed by atoms with E-state index >= 15 is 0 Å². The van der Waals surface area contributed by atoms with Crippen LogP contribution in [0.5, 0.6) is 0 Å². The van der Waals surface area contributed by atoms with E-state index in [0.29, 0.717) is 16.4 Å². The minimum Gasteiger partial charge on any atom is -0.370 e. The second-order valence-electron chi connectivity index (χ2n) is 4.56. The molecule has 0 aliphatic carbocycles. The maximum absolute atomic E-state index is 12.3. The molecule has 0 aliphatic rings. The molecule has 1 atom stereocenters. The van der Waals surface area contributed by atoms with Crippen LogP contribution in [-0.4, -0.2) is 22.4 Å². The van der Waals surface area contributed by atoms with Crippen molar-refractivity contribution in [2.24, 2.45) is 0 Å². The number of hydrogen-bond donors (Lipinski definition) is 2. The molecule has 0 fully saturated rings. The lowest BCUT2D eigenvalue weighted by atomic mass is 10.1. The molecule has 6 heteroatoms. The van der Waals surface area contributed by atoms with Crippen molar-refractivity contribution in [3.05, 3.63) is 52.9 Å². The first kappa shape index (κ1) is 15.3. The Morgan fingerprint density at radius 3 is 2.76 bits per heavy atom. The third kappa shape index (κ3) is 3.92. The van der Waals surface area contributed by atoms with Crippen LogP contribution in [0.2, 0.25) is 5.02 Å². The van der Waals surface area contributed by atoms with Crippen molar-refractivity contribution < 1.29 is 4.79 Å². The Hall–Kier alpha value is -2.14.